The number of aryl methyl sites for hydroxylation is 1. The molecule has 1 aliphatic heterocycles. The Kier molecular flexibility index (Phi) is 8.67. The van der Waals surface area contributed by atoms with Crippen LogP contribution in [0, 0.1) is 0 Å². The molecule has 0 radical (unpaired) electrons. The predicted molar refractivity (Wildman–Crippen MR) is 146 cm³/mol. The molecule has 5 nitrogen and oxygen atoms in total. The summed E-state index contributed by atoms with van der Waals surface area (Å²) in [6, 6.07) is 19.3. The van der Waals surface area contributed by atoms with Gasteiger partial charge in [0.05, 0.1) is 17.7 Å². The molecule has 0 saturated carbocycles. The molecule has 0 spiro atoms. The lowest BCUT2D eigenvalue weighted by molar-refractivity contribution is 0.0913. The molecule has 0 saturated heterocycles. The molecule has 3 aromatic carbocycles. The molecule has 5 heteroatoms. The molecule has 0 bridgehead atoms. The Bertz CT molecular complexity index is 1240. The number of hydrogen-bond donors (Lipinski definition) is 1. The first-order valence-corrected chi connectivity index (χ1v) is 13.0. The number of ether oxygens (including phenoxy) is 3. The van der Waals surface area contributed by atoms with Crippen molar-refractivity contribution < 1.29 is 24.1 Å². The summed E-state index contributed by atoms with van der Waals surface area (Å²) in [5, 5.41) is 9.90. The van der Waals surface area contributed by atoms with E-state index in [-0.39, 0.29) is 19.0 Å². The number of carbonyl (C=O) groups is 1. The number of ketones is 1. The van der Waals surface area contributed by atoms with E-state index in [1.807, 2.05) is 80.6 Å². The van der Waals surface area contributed by atoms with Crippen LogP contribution in [-0.2, 0) is 19.6 Å². The summed E-state index contributed by atoms with van der Waals surface area (Å²) in [4.78, 5) is 13.4. The van der Waals surface area contributed by atoms with Gasteiger partial charge in [-0.25, -0.2) is 0 Å². The lowest BCUT2D eigenvalue weighted by atomic mass is 9.99. The zero-order valence-electron chi connectivity index (χ0n) is 22.0. The number of hydrogen-bond acceptors (Lipinski definition) is 5. The van der Waals surface area contributed by atoms with Crippen LogP contribution in [0.1, 0.15) is 72.6 Å². The second-order valence-electron chi connectivity index (χ2n) is 9.94. The second kappa shape index (κ2) is 12.1. The van der Waals surface area contributed by atoms with Gasteiger partial charge in [0, 0.05) is 5.56 Å². The summed E-state index contributed by atoms with van der Waals surface area (Å²) >= 11 is 0. The van der Waals surface area contributed by atoms with Gasteiger partial charge in [0.2, 0.25) is 5.78 Å². The summed E-state index contributed by atoms with van der Waals surface area (Å²) in [6.07, 6.45) is 8.23. The van der Waals surface area contributed by atoms with Crippen molar-refractivity contribution in [2.24, 2.45) is 0 Å². The highest BCUT2D eigenvalue weighted by molar-refractivity contribution is 6.00. The Labute approximate surface area is 219 Å². The van der Waals surface area contributed by atoms with Crippen molar-refractivity contribution in [1.29, 1.82) is 0 Å². The quantitative estimate of drug-likeness (QED) is 0.216. The first-order chi connectivity index (χ1) is 17.9. The molecular formula is C32H36O5. The smallest absolute Gasteiger partial charge is 0.203 e. The first kappa shape index (κ1) is 26.5. The van der Waals surface area contributed by atoms with Crippen molar-refractivity contribution in [3.8, 4) is 17.2 Å². The van der Waals surface area contributed by atoms with Crippen molar-refractivity contribution in [1.82, 2.24) is 0 Å². The van der Waals surface area contributed by atoms with E-state index in [4.69, 9.17) is 14.2 Å². The fourth-order valence-electron chi connectivity index (χ4n) is 4.37. The molecule has 0 aliphatic carbocycles. The number of carbonyl (C=O) groups excluding carboxylic acids is 1. The van der Waals surface area contributed by atoms with Gasteiger partial charge in [0.15, 0.2) is 6.61 Å². The van der Waals surface area contributed by atoms with E-state index < -0.39 is 5.60 Å². The largest absolute Gasteiger partial charge is 0.488 e. The van der Waals surface area contributed by atoms with E-state index in [0.29, 0.717) is 35.0 Å². The highest BCUT2D eigenvalue weighted by atomic mass is 16.5. The molecule has 4 rings (SSSR count). The number of aliphatic hydroxyl groups is 1. The molecule has 1 aliphatic rings. The van der Waals surface area contributed by atoms with Gasteiger partial charge in [-0.15, -0.1) is 0 Å². The van der Waals surface area contributed by atoms with Crippen LogP contribution in [0.15, 0.2) is 66.7 Å². The molecule has 0 aromatic heterocycles. The van der Waals surface area contributed by atoms with Gasteiger partial charge >= 0.3 is 0 Å². The molecule has 194 valence electrons. The summed E-state index contributed by atoms with van der Waals surface area (Å²) < 4.78 is 18.2. The van der Waals surface area contributed by atoms with Crippen molar-refractivity contribution >= 4 is 11.9 Å². The first-order valence-electron chi connectivity index (χ1n) is 13.0. The van der Waals surface area contributed by atoms with Crippen LogP contribution in [0.25, 0.3) is 6.08 Å². The molecule has 3 aromatic rings. The van der Waals surface area contributed by atoms with E-state index >= 15 is 0 Å². The maximum absolute atomic E-state index is 13.4. The lowest BCUT2D eigenvalue weighted by Gasteiger charge is -2.29. The Morgan fingerprint density at radius 1 is 0.973 bits per heavy atom. The minimum absolute atomic E-state index is 0.183. The summed E-state index contributed by atoms with van der Waals surface area (Å²) in [6.45, 7) is 6.12. The molecule has 1 heterocycles. The number of aliphatic hydroxyl groups excluding tert-OH is 1. The van der Waals surface area contributed by atoms with Crippen LogP contribution < -0.4 is 14.2 Å². The molecular weight excluding hydrogens is 464 g/mol. The van der Waals surface area contributed by atoms with E-state index in [1.54, 1.807) is 6.07 Å². The van der Waals surface area contributed by atoms with Crippen molar-refractivity contribution in [2.75, 3.05) is 6.61 Å². The number of benzene rings is 3. The van der Waals surface area contributed by atoms with E-state index in [9.17, 15) is 9.90 Å². The molecule has 1 N–H and O–H groups in total. The zero-order valence-corrected chi connectivity index (χ0v) is 22.0. The van der Waals surface area contributed by atoms with Crippen LogP contribution >= 0.6 is 0 Å². The normalized spacial score (nSPS) is 13.5. The molecule has 0 amide bonds. The SMILES string of the molecule is CCCCCc1ccc(C(=O)COc2c(CO)ccc3c2C=CC(C)(C)O3)c(OCc2ccccc2)c1. The monoisotopic (exact) mass is 500 g/mol. The Balaban J connectivity index is 1.55. The minimum atomic E-state index is -0.440. The standard InChI is InChI=1S/C32H36O5/c1-4-5-7-10-23-13-15-26(30(19-23)35-21-24-11-8-6-9-12-24)28(34)22-36-31-25(20-33)14-16-29-27(31)17-18-32(2,3)37-29/h6,8-9,11-19,33H,4-5,7,10,20-22H2,1-3H3. The average molecular weight is 501 g/mol. The van der Waals surface area contributed by atoms with Gasteiger partial charge in [-0.2, -0.15) is 0 Å². The van der Waals surface area contributed by atoms with Gasteiger partial charge < -0.3 is 19.3 Å². The van der Waals surface area contributed by atoms with Crippen LogP contribution in [0.5, 0.6) is 17.2 Å². The minimum Gasteiger partial charge on any atom is -0.488 e. The van der Waals surface area contributed by atoms with Gasteiger partial charge in [-0.3, -0.25) is 4.79 Å². The lowest BCUT2D eigenvalue weighted by Crippen LogP contribution is -2.27. The average Bonchev–Trinajstić information content (AvgIpc) is 2.90. The van der Waals surface area contributed by atoms with Gasteiger partial charge in [0.1, 0.15) is 29.5 Å². The predicted octanol–water partition coefficient (Wildman–Crippen LogP) is 6.94. The third kappa shape index (κ3) is 6.80. The van der Waals surface area contributed by atoms with Gasteiger partial charge in [-0.1, -0.05) is 56.2 Å². The maximum Gasteiger partial charge on any atom is 0.203 e. The highest BCUT2D eigenvalue weighted by Gasteiger charge is 2.26. The fourth-order valence-corrected chi connectivity index (χ4v) is 4.37. The topological polar surface area (TPSA) is 65.0 Å². The summed E-state index contributed by atoms with van der Waals surface area (Å²) in [5.74, 6) is 1.50. The van der Waals surface area contributed by atoms with E-state index in [0.717, 1.165) is 36.0 Å². The second-order valence-corrected chi connectivity index (χ2v) is 9.94. The third-order valence-electron chi connectivity index (χ3n) is 6.43. The van der Waals surface area contributed by atoms with Crippen molar-refractivity contribution in [2.45, 2.75) is 65.3 Å². The highest BCUT2D eigenvalue weighted by Crippen LogP contribution is 2.39. The Hall–Kier alpha value is -3.57. The molecule has 0 atom stereocenters. The van der Waals surface area contributed by atoms with Crippen LogP contribution in [0.2, 0.25) is 0 Å². The fraction of sp³-hybridized carbons (Fsp3) is 0.344. The number of rotatable bonds is 12. The van der Waals surface area contributed by atoms with Gasteiger partial charge in [0.25, 0.3) is 0 Å². The number of unbranched alkanes of at least 4 members (excludes halogenated alkanes) is 2. The van der Waals surface area contributed by atoms with Crippen molar-refractivity contribution in [3.63, 3.8) is 0 Å². The number of fused-ring (bicyclic) bond motifs is 1. The third-order valence-corrected chi connectivity index (χ3v) is 6.43. The zero-order chi connectivity index (χ0) is 26.3. The molecule has 0 fully saturated rings. The maximum atomic E-state index is 13.4. The van der Waals surface area contributed by atoms with Gasteiger partial charge in [-0.05, 0) is 74.2 Å². The Morgan fingerprint density at radius 2 is 1.78 bits per heavy atom. The number of Topliss-reactive ketones (excluding diaryl/α,β-unsaturated/α-hetero) is 1. The van der Waals surface area contributed by atoms with Crippen LogP contribution in [0.4, 0.5) is 0 Å². The summed E-state index contributed by atoms with van der Waals surface area (Å²) in [7, 11) is 0. The van der Waals surface area contributed by atoms with Crippen LogP contribution in [0.3, 0.4) is 0 Å². The van der Waals surface area contributed by atoms with Crippen LogP contribution in [-0.4, -0.2) is 23.1 Å². The molecule has 37 heavy (non-hydrogen) atoms. The van der Waals surface area contributed by atoms with Crippen molar-refractivity contribution in [3.05, 3.63) is 94.6 Å². The van der Waals surface area contributed by atoms with E-state index in [2.05, 4.69) is 6.92 Å². The molecule has 0 unspecified atom stereocenters. The Morgan fingerprint density at radius 3 is 2.54 bits per heavy atom. The van der Waals surface area contributed by atoms with E-state index in [1.165, 1.54) is 6.42 Å². The summed E-state index contributed by atoms with van der Waals surface area (Å²) in [5.41, 5.74) is 3.56.